The first-order valence-electron chi connectivity index (χ1n) is 7.34. The minimum absolute atomic E-state index is 0.0703. The highest BCUT2D eigenvalue weighted by Crippen LogP contribution is 2.38. The van der Waals surface area contributed by atoms with Gasteiger partial charge in [0.05, 0.1) is 24.9 Å². The molecule has 1 aromatic heterocycles. The van der Waals surface area contributed by atoms with E-state index in [1.807, 2.05) is 0 Å². The summed E-state index contributed by atoms with van der Waals surface area (Å²) in [4.78, 5) is 34.1. The molecule has 7 heteroatoms. The summed E-state index contributed by atoms with van der Waals surface area (Å²) in [6, 6.07) is 0. The number of nitrogens with zero attached hydrogens (tertiary/aromatic N) is 3. The molecule has 0 saturated heterocycles. The molecule has 1 aliphatic carbocycles. The lowest BCUT2D eigenvalue weighted by Crippen LogP contribution is -2.46. The largest absolute Gasteiger partial charge is 0.494 e. The topological polar surface area (TPSA) is 84.4 Å². The maximum atomic E-state index is 12.4. The molecule has 0 atom stereocenters. The van der Waals surface area contributed by atoms with E-state index in [4.69, 9.17) is 4.74 Å². The highest BCUT2D eigenvalue weighted by molar-refractivity contribution is 5.91. The number of rotatable bonds is 5. The molecular weight excluding hydrogens is 284 g/mol. The third kappa shape index (κ3) is 3.35. The molecule has 1 aliphatic rings. The Morgan fingerprint density at radius 3 is 2.36 bits per heavy atom. The Labute approximate surface area is 130 Å². The summed E-state index contributed by atoms with van der Waals surface area (Å²) < 4.78 is 4.96. The predicted octanol–water partition coefficient (Wildman–Crippen LogP) is 0.864. The molecule has 1 N–H and O–H groups in total. The van der Waals surface area contributed by atoms with Crippen molar-refractivity contribution < 1.29 is 14.3 Å². The van der Waals surface area contributed by atoms with Crippen molar-refractivity contribution >= 4 is 11.8 Å². The van der Waals surface area contributed by atoms with Crippen LogP contribution in [0.1, 0.15) is 36.3 Å². The van der Waals surface area contributed by atoms with Crippen molar-refractivity contribution in [3.63, 3.8) is 0 Å². The molecule has 0 spiro atoms. The quantitative estimate of drug-likeness (QED) is 0.872. The Morgan fingerprint density at radius 1 is 1.27 bits per heavy atom. The molecule has 1 fully saturated rings. The van der Waals surface area contributed by atoms with Crippen molar-refractivity contribution in [2.45, 2.75) is 25.7 Å². The number of carbonyl (C=O) groups is 2. The van der Waals surface area contributed by atoms with Crippen LogP contribution in [0.15, 0.2) is 12.4 Å². The number of ether oxygens (including phenoxy) is 1. The molecular formula is C15H22N4O3. The first-order valence-corrected chi connectivity index (χ1v) is 7.34. The summed E-state index contributed by atoms with van der Waals surface area (Å²) in [5.74, 6) is 0.263. The molecule has 2 amide bonds. The van der Waals surface area contributed by atoms with Crippen LogP contribution in [-0.4, -0.2) is 54.4 Å². The van der Waals surface area contributed by atoms with Gasteiger partial charge in [-0.05, 0) is 12.8 Å². The number of hydrogen-bond acceptors (Lipinski definition) is 5. The zero-order valence-electron chi connectivity index (χ0n) is 13.3. The zero-order valence-corrected chi connectivity index (χ0v) is 13.3. The van der Waals surface area contributed by atoms with E-state index < -0.39 is 5.41 Å². The van der Waals surface area contributed by atoms with Crippen molar-refractivity contribution in [2.24, 2.45) is 5.41 Å². The van der Waals surface area contributed by atoms with Crippen LogP contribution in [0.25, 0.3) is 0 Å². The third-order valence-electron chi connectivity index (χ3n) is 4.07. The minimum Gasteiger partial charge on any atom is -0.494 e. The van der Waals surface area contributed by atoms with Crippen LogP contribution in [0.4, 0.5) is 0 Å². The Morgan fingerprint density at radius 2 is 1.86 bits per heavy atom. The van der Waals surface area contributed by atoms with Gasteiger partial charge in [0, 0.05) is 20.6 Å². The van der Waals surface area contributed by atoms with E-state index in [9.17, 15) is 9.59 Å². The molecule has 1 saturated carbocycles. The standard InChI is InChI=1S/C15H22N4O3/c1-19(2)14(21)15(6-4-5-7-15)10-18-13(20)12-16-8-11(22-3)9-17-12/h8-9H,4-7,10H2,1-3H3,(H,18,20). The first kappa shape index (κ1) is 16.2. The zero-order chi connectivity index (χ0) is 16.2. The number of aromatic nitrogens is 2. The number of nitrogens with one attached hydrogen (secondary N) is 1. The second-order valence-electron chi connectivity index (χ2n) is 5.82. The van der Waals surface area contributed by atoms with E-state index in [0.717, 1.165) is 25.7 Å². The van der Waals surface area contributed by atoms with Crippen molar-refractivity contribution in [2.75, 3.05) is 27.7 Å². The molecule has 0 radical (unpaired) electrons. The van der Waals surface area contributed by atoms with Crippen molar-refractivity contribution in [1.29, 1.82) is 0 Å². The van der Waals surface area contributed by atoms with Gasteiger partial charge < -0.3 is 15.0 Å². The summed E-state index contributed by atoms with van der Waals surface area (Å²) in [6.07, 6.45) is 6.50. The van der Waals surface area contributed by atoms with Gasteiger partial charge in [-0.3, -0.25) is 9.59 Å². The average Bonchev–Trinajstić information content (AvgIpc) is 3.02. The van der Waals surface area contributed by atoms with Crippen molar-refractivity contribution in [3.8, 4) is 5.75 Å². The fraction of sp³-hybridized carbons (Fsp3) is 0.600. The fourth-order valence-electron chi connectivity index (χ4n) is 2.86. The molecule has 0 unspecified atom stereocenters. The average molecular weight is 306 g/mol. The van der Waals surface area contributed by atoms with E-state index in [-0.39, 0.29) is 17.6 Å². The van der Waals surface area contributed by atoms with Crippen LogP contribution in [-0.2, 0) is 4.79 Å². The predicted molar refractivity (Wildman–Crippen MR) is 80.5 cm³/mol. The maximum absolute atomic E-state index is 12.4. The van der Waals surface area contributed by atoms with E-state index in [0.29, 0.717) is 12.3 Å². The second-order valence-corrected chi connectivity index (χ2v) is 5.82. The Balaban J connectivity index is 2.02. The van der Waals surface area contributed by atoms with Crippen LogP contribution in [0, 0.1) is 5.41 Å². The minimum atomic E-state index is -0.494. The van der Waals surface area contributed by atoms with Gasteiger partial charge in [-0.25, -0.2) is 9.97 Å². The van der Waals surface area contributed by atoms with E-state index >= 15 is 0 Å². The van der Waals surface area contributed by atoms with Gasteiger partial charge in [0.2, 0.25) is 11.7 Å². The lowest BCUT2D eigenvalue weighted by atomic mass is 9.84. The summed E-state index contributed by atoms with van der Waals surface area (Å²) >= 11 is 0. The van der Waals surface area contributed by atoms with Crippen molar-refractivity contribution in [1.82, 2.24) is 20.2 Å². The van der Waals surface area contributed by atoms with Gasteiger partial charge in [0.1, 0.15) is 0 Å². The van der Waals surface area contributed by atoms with Crippen LogP contribution < -0.4 is 10.1 Å². The molecule has 0 aliphatic heterocycles. The van der Waals surface area contributed by atoms with Gasteiger partial charge in [-0.1, -0.05) is 12.8 Å². The molecule has 1 heterocycles. The van der Waals surface area contributed by atoms with Crippen LogP contribution >= 0.6 is 0 Å². The third-order valence-corrected chi connectivity index (χ3v) is 4.07. The van der Waals surface area contributed by atoms with Gasteiger partial charge in [-0.15, -0.1) is 0 Å². The highest BCUT2D eigenvalue weighted by atomic mass is 16.5. The van der Waals surface area contributed by atoms with Gasteiger partial charge >= 0.3 is 0 Å². The van der Waals surface area contributed by atoms with Gasteiger partial charge in [0.25, 0.3) is 5.91 Å². The molecule has 120 valence electrons. The highest BCUT2D eigenvalue weighted by Gasteiger charge is 2.42. The van der Waals surface area contributed by atoms with E-state index in [1.165, 1.54) is 19.5 Å². The monoisotopic (exact) mass is 306 g/mol. The molecule has 2 rings (SSSR count). The van der Waals surface area contributed by atoms with Gasteiger partial charge in [-0.2, -0.15) is 0 Å². The molecule has 22 heavy (non-hydrogen) atoms. The SMILES string of the molecule is COc1cnc(C(=O)NCC2(C(=O)N(C)C)CCCC2)nc1. The first-order chi connectivity index (χ1) is 10.5. The lowest BCUT2D eigenvalue weighted by molar-refractivity contribution is -0.138. The normalized spacial score (nSPS) is 16.1. The Bertz CT molecular complexity index is 536. The van der Waals surface area contributed by atoms with Gasteiger partial charge in [0.15, 0.2) is 5.75 Å². The smallest absolute Gasteiger partial charge is 0.289 e. The summed E-state index contributed by atoms with van der Waals surface area (Å²) in [6.45, 7) is 0.318. The summed E-state index contributed by atoms with van der Waals surface area (Å²) in [5, 5.41) is 2.80. The van der Waals surface area contributed by atoms with Crippen LogP contribution in [0.5, 0.6) is 5.75 Å². The Hall–Kier alpha value is -2.18. The fourth-order valence-corrected chi connectivity index (χ4v) is 2.86. The van der Waals surface area contributed by atoms with E-state index in [1.54, 1.807) is 19.0 Å². The number of hydrogen-bond donors (Lipinski definition) is 1. The van der Waals surface area contributed by atoms with Crippen LogP contribution in [0.2, 0.25) is 0 Å². The van der Waals surface area contributed by atoms with E-state index in [2.05, 4.69) is 15.3 Å². The molecule has 0 bridgehead atoms. The molecule has 7 nitrogen and oxygen atoms in total. The number of methoxy groups -OCH3 is 1. The number of amides is 2. The molecule has 0 aromatic carbocycles. The lowest BCUT2D eigenvalue weighted by Gasteiger charge is -2.30. The van der Waals surface area contributed by atoms with Crippen LogP contribution in [0.3, 0.4) is 0 Å². The second kappa shape index (κ2) is 6.72. The molecule has 1 aromatic rings. The Kier molecular flexibility index (Phi) is 4.95. The van der Waals surface area contributed by atoms with Crippen molar-refractivity contribution in [3.05, 3.63) is 18.2 Å². The summed E-state index contributed by atoms with van der Waals surface area (Å²) in [5.41, 5.74) is -0.494. The number of carbonyl (C=O) groups excluding carboxylic acids is 2. The summed E-state index contributed by atoms with van der Waals surface area (Å²) in [7, 11) is 5.00. The maximum Gasteiger partial charge on any atom is 0.289 e.